The molecule has 108 valence electrons. The highest BCUT2D eigenvalue weighted by atomic mass is 15.3. The van der Waals surface area contributed by atoms with E-state index >= 15 is 0 Å². The second kappa shape index (κ2) is 8.13. The van der Waals surface area contributed by atoms with Crippen molar-refractivity contribution in [3.05, 3.63) is 0 Å². The van der Waals surface area contributed by atoms with E-state index in [1.165, 1.54) is 45.6 Å². The van der Waals surface area contributed by atoms with E-state index in [-0.39, 0.29) is 0 Å². The molecule has 1 rings (SSSR count). The fourth-order valence-electron chi connectivity index (χ4n) is 3.28. The minimum Gasteiger partial charge on any atom is -0.329 e. The SMILES string of the molecule is CCCN1CCN(C(CN)C(C)CC(C)C)CC1. The third kappa shape index (κ3) is 4.87. The molecule has 0 saturated carbocycles. The number of nitrogens with zero attached hydrogens (tertiary/aromatic N) is 2. The van der Waals surface area contributed by atoms with E-state index in [0.29, 0.717) is 12.0 Å². The molecule has 1 aliphatic rings. The lowest BCUT2D eigenvalue weighted by Crippen LogP contribution is -2.54. The van der Waals surface area contributed by atoms with E-state index in [2.05, 4.69) is 37.5 Å². The number of piperazine rings is 1. The Labute approximate surface area is 114 Å². The quantitative estimate of drug-likeness (QED) is 0.755. The average molecular weight is 255 g/mol. The van der Waals surface area contributed by atoms with E-state index < -0.39 is 0 Å². The normalized spacial score (nSPS) is 22.3. The van der Waals surface area contributed by atoms with Gasteiger partial charge in [-0.25, -0.2) is 0 Å². The van der Waals surface area contributed by atoms with Crippen LogP contribution in [-0.4, -0.2) is 55.1 Å². The lowest BCUT2D eigenvalue weighted by molar-refractivity contribution is 0.0714. The highest BCUT2D eigenvalue weighted by Crippen LogP contribution is 2.20. The van der Waals surface area contributed by atoms with Crippen LogP contribution in [0.3, 0.4) is 0 Å². The van der Waals surface area contributed by atoms with Crippen LogP contribution >= 0.6 is 0 Å². The largest absolute Gasteiger partial charge is 0.329 e. The first kappa shape index (κ1) is 15.9. The lowest BCUT2D eigenvalue weighted by Gasteiger charge is -2.41. The molecule has 1 fully saturated rings. The first-order valence-corrected chi connectivity index (χ1v) is 7.74. The minimum atomic E-state index is 0.580. The second-order valence-electron chi connectivity index (χ2n) is 6.29. The molecular formula is C15H33N3. The number of nitrogens with two attached hydrogens (primary N) is 1. The first-order chi connectivity index (χ1) is 8.58. The summed E-state index contributed by atoms with van der Waals surface area (Å²) in [6.45, 7) is 16.2. The third-order valence-corrected chi connectivity index (χ3v) is 4.16. The molecule has 0 aromatic heterocycles. The fraction of sp³-hybridized carbons (Fsp3) is 1.00. The fourth-order valence-corrected chi connectivity index (χ4v) is 3.28. The van der Waals surface area contributed by atoms with Gasteiger partial charge in [0.2, 0.25) is 0 Å². The van der Waals surface area contributed by atoms with E-state index in [9.17, 15) is 0 Å². The Morgan fingerprint density at radius 2 is 1.67 bits per heavy atom. The molecule has 18 heavy (non-hydrogen) atoms. The summed E-state index contributed by atoms with van der Waals surface area (Å²) in [6.07, 6.45) is 2.56. The molecule has 0 radical (unpaired) electrons. The summed E-state index contributed by atoms with van der Waals surface area (Å²) < 4.78 is 0. The molecule has 1 saturated heterocycles. The third-order valence-electron chi connectivity index (χ3n) is 4.16. The topological polar surface area (TPSA) is 32.5 Å². The zero-order chi connectivity index (χ0) is 13.5. The van der Waals surface area contributed by atoms with Crippen molar-refractivity contribution in [1.29, 1.82) is 0 Å². The van der Waals surface area contributed by atoms with Crippen LogP contribution in [0.25, 0.3) is 0 Å². The zero-order valence-electron chi connectivity index (χ0n) is 12.9. The maximum Gasteiger partial charge on any atom is 0.0245 e. The number of hydrogen-bond acceptors (Lipinski definition) is 3. The van der Waals surface area contributed by atoms with Gasteiger partial charge < -0.3 is 10.6 Å². The first-order valence-electron chi connectivity index (χ1n) is 7.74. The molecule has 0 spiro atoms. The molecule has 3 heteroatoms. The van der Waals surface area contributed by atoms with Crippen LogP contribution in [0.15, 0.2) is 0 Å². The molecule has 2 N–H and O–H groups in total. The summed E-state index contributed by atoms with van der Waals surface area (Å²) >= 11 is 0. The van der Waals surface area contributed by atoms with Gasteiger partial charge in [-0.15, -0.1) is 0 Å². The predicted molar refractivity (Wildman–Crippen MR) is 79.8 cm³/mol. The molecule has 0 aliphatic carbocycles. The zero-order valence-corrected chi connectivity index (χ0v) is 12.9. The van der Waals surface area contributed by atoms with Gasteiger partial charge >= 0.3 is 0 Å². The van der Waals surface area contributed by atoms with Crippen LogP contribution in [-0.2, 0) is 0 Å². The minimum absolute atomic E-state index is 0.580. The van der Waals surface area contributed by atoms with Crippen molar-refractivity contribution >= 4 is 0 Å². The molecule has 3 nitrogen and oxygen atoms in total. The van der Waals surface area contributed by atoms with Crippen LogP contribution in [0.4, 0.5) is 0 Å². The Balaban J connectivity index is 2.42. The Bertz CT molecular complexity index is 210. The number of hydrogen-bond donors (Lipinski definition) is 1. The van der Waals surface area contributed by atoms with Crippen molar-refractivity contribution in [2.45, 2.75) is 46.6 Å². The van der Waals surface area contributed by atoms with E-state index in [0.717, 1.165) is 12.5 Å². The van der Waals surface area contributed by atoms with Crippen LogP contribution < -0.4 is 5.73 Å². The van der Waals surface area contributed by atoms with E-state index in [1.807, 2.05) is 0 Å². The maximum absolute atomic E-state index is 6.02. The average Bonchev–Trinajstić information content (AvgIpc) is 2.31. The molecule has 1 heterocycles. The smallest absolute Gasteiger partial charge is 0.0245 e. The molecular weight excluding hydrogens is 222 g/mol. The summed E-state index contributed by atoms with van der Waals surface area (Å²) in [6, 6.07) is 0.580. The van der Waals surface area contributed by atoms with Gasteiger partial charge in [0.1, 0.15) is 0 Å². The highest BCUT2D eigenvalue weighted by Gasteiger charge is 2.26. The maximum atomic E-state index is 6.02. The van der Waals surface area contributed by atoms with Gasteiger partial charge in [0.05, 0.1) is 0 Å². The van der Waals surface area contributed by atoms with Crippen molar-refractivity contribution in [2.75, 3.05) is 39.3 Å². The van der Waals surface area contributed by atoms with E-state index in [4.69, 9.17) is 5.73 Å². The van der Waals surface area contributed by atoms with Crippen molar-refractivity contribution in [2.24, 2.45) is 17.6 Å². The van der Waals surface area contributed by atoms with Crippen LogP contribution in [0.5, 0.6) is 0 Å². The predicted octanol–water partition coefficient (Wildman–Crippen LogP) is 2.02. The Kier molecular flexibility index (Phi) is 7.20. The van der Waals surface area contributed by atoms with Gasteiger partial charge in [0.15, 0.2) is 0 Å². The van der Waals surface area contributed by atoms with Crippen molar-refractivity contribution in [3.8, 4) is 0 Å². The van der Waals surface area contributed by atoms with Crippen LogP contribution in [0.1, 0.15) is 40.5 Å². The van der Waals surface area contributed by atoms with Gasteiger partial charge in [0, 0.05) is 38.8 Å². The summed E-state index contributed by atoms with van der Waals surface area (Å²) in [7, 11) is 0. The van der Waals surface area contributed by atoms with Crippen LogP contribution in [0.2, 0.25) is 0 Å². The van der Waals surface area contributed by atoms with Crippen molar-refractivity contribution < 1.29 is 0 Å². The van der Waals surface area contributed by atoms with Crippen molar-refractivity contribution in [3.63, 3.8) is 0 Å². The molecule has 2 unspecified atom stereocenters. The summed E-state index contributed by atoms with van der Waals surface area (Å²) in [4.78, 5) is 5.20. The van der Waals surface area contributed by atoms with Gasteiger partial charge in [-0.05, 0) is 31.2 Å². The molecule has 0 aromatic carbocycles. The van der Waals surface area contributed by atoms with Gasteiger partial charge in [-0.2, -0.15) is 0 Å². The summed E-state index contributed by atoms with van der Waals surface area (Å²) in [5.41, 5.74) is 6.02. The standard InChI is InChI=1S/C15H33N3/c1-5-6-17-7-9-18(10-8-17)15(12-16)14(4)11-13(2)3/h13-15H,5-12,16H2,1-4H3. The molecule has 0 amide bonds. The Morgan fingerprint density at radius 1 is 1.06 bits per heavy atom. The Hall–Kier alpha value is -0.120. The van der Waals surface area contributed by atoms with E-state index in [1.54, 1.807) is 0 Å². The number of rotatable bonds is 7. The Morgan fingerprint density at radius 3 is 2.11 bits per heavy atom. The molecule has 0 bridgehead atoms. The summed E-state index contributed by atoms with van der Waals surface area (Å²) in [5, 5.41) is 0. The molecule has 0 aromatic rings. The van der Waals surface area contributed by atoms with Gasteiger partial charge in [0.25, 0.3) is 0 Å². The second-order valence-corrected chi connectivity index (χ2v) is 6.29. The summed E-state index contributed by atoms with van der Waals surface area (Å²) in [5.74, 6) is 1.49. The molecule has 2 atom stereocenters. The van der Waals surface area contributed by atoms with Crippen LogP contribution in [0, 0.1) is 11.8 Å². The van der Waals surface area contributed by atoms with Gasteiger partial charge in [-0.1, -0.05) is 27.7 Å². The lowest BCUT2D eigenvalue weighted by atomic mass is 9.90. The monoisotopic (exact) mass is 255 g/mol. The molecule has 1 aliphatic heterocycles. The van der Waals surface area contributed by atoms with Gasteiger partial charge in [-0.3, -0.25) is 4.90 Å². The highest BCUT2D eigenvalue weighted by molar-refractivity contribution is 4.83. The van der Waals surface area contributed by atoms with Crippen molar-refractivity contribution in [1.82, 2.24) is 9.80 Å².